The first-order chi connectivity index (χ1) is 15.0. The average Bonchev–Trinajstić information content (AvgIpc) is 3.35. The molecule has 31 heavy (non-hydrogen) atoms. The predicted octanol–water partition coefficient (Wildman–Crippen LogP) is 4.57. The van der Waals surface area contributed by atoms with Gasteiger partial charge in [-0.1, -0.05) is 28.3 Å². The van der Waals surface area contributed by atoms with Gasteiger partial charge in [-0.15, -0.1) is 5.10 Å². The zero-order chi connectivity index (χ0) is 21.5. The topological polar surface area (TPSA) is 106 Å². The summed E-state index contributed by atoms with van der Waals surface area (Å²) < 4.78 is 8.47. The van der Waals surface area contributed by atoms with E-state index in [-0.39, 0.29) is 0 Å². The number of pyridine rings is 1. The van der Waals surface area contributed by atoms with Crippen LogP contribution in [-0.4, -0.2) is 20.0 Å². The second-order valence-corrected chi connectivity index (χ2v) is 7.61. The van der Waals surface area contributed by atoms with Gasteiger partial charge in [0.25, 0.3) is 0 Å². The Hall–Kier alpha value is -3.80. The Morgan fingerprint density at radius 2 is 2.06 bits per heavy atom. The number of nitriles is 1. The van der Waals surface area contributed by atoms with Crippen molar-refractivity contribution in [1.29, 1.82) is 5.26 Å². The number of aromatic nitrogens is 5. The van der Waals surface area contributed by atoms with Gasteiger partial charge in [-0.25, -0.2) is 4.73 Å². The Labute approximate surface area is 185 Å². The number of nitrogens with one attached hydrogen (secondary N) is 1. The van der Waals surface area contributed by atoms with E-state index in [4.69, 9.17) is 33.2 Å². The Morgan fingerprint density at radius 3 is 2.90 bits per heavy atom. The standard InChI is InChI=1S/C21H12Cl2N6O2/c22-13-6-12(9-24)7-14(8-13)31-20-16-10-25-28(19(16)4-3-17(20)23)11-18-15-2-1-5-29(30)21(15)27-26-18/h1-8,10H,11H2,(H,26,27). The SMILES string of the molecule is N#Cc1cc(Cl)cc(Oc2c(Cl)ccc3c2cnn3Cc2n[nH]c3c2ccc[n+]3[O-])c1. The van der Waals surface area contributed by atoms with Crippen LogP contribution >= 0.6 is 23.2 Å². The summed E-state index contributed by atoms with van der Waals surface area (Å²) in [5.41, 5.74) is 2.21. The maximum atomic E-state index is 11.9. The molecule has 0 fully saturated rings. The first kappa shape index (κ1) is 19.2. The fourth-order valence-corrected chi connectivity index (χ4v) is 3.84. The van der Waals surface area contributed by atoms with Crippen molar-refractivity contribution in [3.05, 3.63) is 81.4 Å². The predicted molar refractivity (Wildman–Crippen MR) is 115 cm³/mol. The molecule has 3 heterocycles. The highest BCUT2D eigenvalue weighted by molar-refractivity contribution is 6.33. The minimum Gasteiger partial charge on any atom is -0.711 e. The molecule has 8 nitrogen and oxygen atoms in total. The van der Waals surface area contributed by atoms with Crippen LogP contribution in [0.5, 0.6) is 11.5 Å². The van der Waals surface area contributed by atoms with E-state index in [0.717, 1.165) is 15.6 Å². The molecule has 5 rings (SSSR count). The summed E-state index contributed by atoms with van der Waals surface area (Å²) in [5, 5.41) is 34.7. The van der Waals surface area contributed by atoms with E-state index in [0.29, 0.717) is 50.4 Å². The van der Waals surface area contributed by atoms with Gasteiger partial charge in [0.15, 0.2) is 5.75 Å². The smallest absolute Gasteiger partial charge is 0.312 e. The molecular weight excluding hydrogens is 439 g/mol. The van der Waals surface area contributed by atoms with E-state index in [1.165, 1.54) is 6.20 Å². The maximum Gasteiger partial charge on any atom is 0.312 e. The Bertz CT molecular complexity index is 1500. The molecule has 0 amide bonds. The van der Waals surface area contributed by atoms with Gasteiger partial charge in [-0.3, -0.25) is 4.68 Å². The summed E-state index contributed by atoms with van der Waals surface area (Å²) >= 11 is 12.5. The van der Waals surface area contributed by atoms with Crippen molar-refractivity contribution in [3.63, 3.8) is 0 Å². The van der Waals surface area contributed by atoms with Gasteiger partial charge in [0, 0.05) is 5.02 Å². The number of halogens is 2. The molecule has 0 radical (unpaired) electrons. The number of ether oxygens (including phenoxy) is 1. The second-order valence-electron chi connectivity index (χ2n) is 6.77. The van der Waals surface area contributed by atoms with Gasteiger partial charge < -0.3 is 9.94 Å². The van der Waals surface area contributed by atoms with Gasteiger partial charge in [-0.2, -0.15) is 10.4 Å². The minimum atomic E-state index is 0.338. The van der Waals surface area contributed by atoms with Crippen molar-refractivity contribution in [2.45, 2.75) is 6.54 Å². The Kier molecular flexibility index (Phi) is 4.62. The average molecular weight is 451 g/mol. The Morgan fingerprint density at radius 1 is 1.19 bits per heavy atom. The third-order valence-electron chi connectivity index (χ3n) is 4.82. The fraction of sp³-hybridized carbons (Fsp3) is 0.0476. The molecule has 3 aromatic heterocycles. The van der Waals surface area contributed by atoms with E-state index < -0.39 is 0 Å². The van der Waals surface area contributed by atoms with Crippen LogP contribution < -0.4 is 9.47 Å². The first-order valence-corrected chi connectivity index (χ1v) is 9.87. The molecule has 2 aromatic carbocycles. The summed E-state index contributed by atoms with van der Waals surface area (Å²) in [6, 6.07) is 13.8. The van der Waals surface area contributed by atoms with Gasteiger partial charge in [0.2, 0.25) is 0 Å². The molecule has 0 aliphatic heterocycles. The molecule has 0 spiro atoms. The summed E-state index contributed by atoms with van der Waals surface area (Å²) in [6.45, 7) is 0.338. The molecule has 0 aliphatic rings. The molecule has 1 N–H and O–H groups in total. The lowest BCUT2D eigenvalue weighted by atomic mass is 10.2. The number of fused-ring (bicyclic) bond motifs is 2. The van der Waals surface area contributed by atoms with Crippen LogP contribution in [0.2, 0.25) is 10.0 Å². The highest BCUT2D eigenvalue weighted by atomic mass is 35.5. The third-order valence-corrected chi connectivity index (χ3v) is 5.33. The first-order valence-electron chi connectivity index (χ1n) is 9.11. The lowest BCUT2D eigenvalue weighted by molar-refractivity contribution is -0.579. The monoisotopic (exact) mass is 450 g/mol. The number of hydrogen-bond donors (Lipinski definition) is 1. The van der Waals surface area contributed by atoms with Gasteiger partial charge in [0.1, 0.15) is 11.4 Å². The van der Waals surface area contributed by atoms with Crippen LogP contribution in [0.15, 0.2) is 54.9 Å². The van der Waals surface area contributed by atoms with Crippen LogP contribution in [0.3, 0.4) is 0 Å². The van der Waals surface area contributed by atoms with Crippen LogP contribution in [0.25, 0.3) is 21.9 Å². The van der Waals surface area contributed by atoms with Crippen LogP contribution in [-0.2, 0) is 6.54 Å². The zero-order valence-electron chi connectivity index (χ0n) is 15.7. The van der Waals surface area contributed by atoms with Crippen molar-refractivity contribution >= 4 is 45.1 Å². The normalized spacial score (nSPS) is 11.1. The van der Waals surface area contributed by atoms with Crippen molar-refractivity contribution < 1.29 is 9.47 Å². The number of hydrogen-bond acceptors (Lipinski definition) is 5. The molecule has 0 saturated heterocycles. The summed E-state index contributed by atoms with van der Waals surface area (Å²) in [6.07, 6.45) is 3.06. The maximum absolute atomic E-state index is 11.9. The molecule has 0 aliphatic carbocycles. The van der Waals surface area contributed by atoms with Crippen molar-refractivity contribution in [1.82, 2.24) is 20.0 Å². The molecule has 0 atom stereocenters. The molecule has 0 bridgehead atoms. The minimum absolute atomic E-state index is 0.338. The highest BCUT2D eigenvalue weighted by Gasteiger charge is 2.17. The van der Waals surface area contributed by atoms with Crippen LogP contribution in [0, 0.1) is 16.5 Å². The lowest BCUT2D eigenvalue weighted by Gasteiger charge is -2.10. The number of nitrogens with zero attached hydrogens (tertiary/aromatic N) is 5. The summed E-state index contributed by atoms with van der Waals surface area (Å²) in [5.74, 6) is 0.797. The van der Waals surface area contributed by atoms with E-state index in [1.807, 2.05) is 18.2 Å². The van der Waals surface area contributed by atoms with E-state index in [2.05, 4.69) is 15.3 Å². The van der Waals surface area contributed by atoms with Crippen LogP contribution in [0.4, 0.5) is 0 Å². The zero-order valence-corrected chi connectivity index (χ0v) is 17.2. The fourth-order valence-electron chi connectivity index (χ4n) is 3.41. The second kappa shape index (κ2) is 7.47. The molecular formula is C21H12Cl2N6O2. The quantitative estimate of drug-likeness (QED) is 0.318. The number of benzene rings is 2. The molecule has 5 aromatic rings. The Balaban J connectivity index is 1.55. The van der Waals surface area contributed by atoms with Gasteiger partial charge in [-0.05, 0) is 42.5 Å². The number of H-pyrrole nitrogens is 1. The largest absolute Gasteiger partial charge is 0.711 e. The lowest BCUT2D eigenvalue weighted by Crippen LogP contribution is -2.26. The molecule has 10 heteroatoms. The summed E-state index contributed by atoms with van der Waals surface area (Å²) in [7, 11) is 0. The van der Waals surface area contributed by atoms with Crippen molar-refractivity contribution in [2.24, 2.45) is 0 Å². The van der Waals surface area contributed by atoms with Crippen LogP contribution in [0.1, 0.15) is 11.3 Å². The molecule has 0 unspecified atom stereocenters. The van der Waals surface area contributed by atoms with E-state index in [1.54, 1.807) is 41.2 Å². The summed E-state index contributed by atoms with van der Waals surface area (Å²) in [4.78, 5) is 0. The van der Waals surface area contributed by atoms with Gasteiger partial charge in [0.05, 0.1) is 51.9 Å². The molecule has 152 valence electrons. The van der Waals surface area contributed by atoms with E-state index >= 15 is 0 Å². The number of rotatable bonds is 4. The molecule has 0 saturated carbocycles. The number of aromatic amines is 1. The van der Waals surface area contributed by atoms with E-state index in [9.17, 15) is 5.21 Å². The highest BCUT2D eigenvalue weighted by Crippen LogP contribution is 2.37. The van der Waals surface area contributed by atoms with Gasteiger partial charge >= 0.3 is 5.65 Å². The third kappa shape index (κ3) is 3.40. The van der Waals surface area contributed by atoms with Crippen molar-refractivity contribution in [2.75, 3.05) is 0 Å². The van der Waals surface area contributed by atoms with Crippen molar-refractivity contribution in [3.8, 4) is 17.6 Å².